The molecule has 118 valence electrons. The lowest BCUT2D eigenvalue weighted by Crippen LogP contribution is -2.30. The second-order valence-corrected chi connectivity index (χ2v) is 7.29. The molecule has 22 heavy (non-hydrogen) atoms. The molecule has 1 fully saturated rings. The maximum atomic E-state index is 12.8. The van der Waals surface area contributed by atoms with Crippen molar-refractivity contribution in [3.63, 3.8) is 0 Å². The predicted molar refractivity (Wildman–Crippen MR) is 80.4 cm³/mol. The van der Waals surface area contributed by atoms with Crippen LogP contribution in [0.1, 0.15) is 12.5 Å². The molecule has 0 bridgehead atoms. The summed E-state index contributed by atoms with van der Waals surface area (Å²) in [4.78, 5) is 1.63. The van der Waals surface area contributed by atoms with Gasteiger partial charge in [-0.1, -0.05) is 11.6 Å². The number of nitrogens with zero attached hydrogens (tertiary/aromatic N) is 4. The number of methoxy groups -OCH3 is 1. The quantitative estimate of drug-likeness (QED) is 0.843. The zero-order chi connectivity index (χ0) is 15.7. The van der Waals surface area contributed by atoms with E-state index in [1.165, 1.54) is 17.5 Å². The second-order valence-electron chi connectivity index (χ2n) is 4.95. The number of benzene rings is 1. The van der Waals surface area contributed by atoms with Crippen molar-refractivity contribution in [1.29, 1.82) is 0 Å². The molecular formula is C13H15ClN4O3S. The summed E-state index contributed by atoms with van der Waals surface area (Å²) < 4.78 is 32.2. The molecule has 0 N–H and O–H groups in total. The van der Waals surface area contributed by atoms with Crippen LogP contribution in [0.15, 0.2) is 35.5 Å². The maximum Gasteiger partial charge on any atom is 0.246 e. The minimum atomic E-state index is -3.67. The van der Waals surface area contributed by atoms with E-state index in [1.807, 2.05) is 0 Å². The minimum Gasteiger partial charge on any atom is -0.495 e. The van der Waals surface area contributed by atoms with Gasteiger partial charge in [-0.05, 0) is 24.6 Å². The molecule has 1 aromatic heterocycles. The fourth-order valence-electron chi connectivity index (χ4n) is 2.52. The number of halogens is 1. The Morgan fingerprint density at radius 1 is 1.32 bits per heavy atom. The standard InChI is InChI=1S/C13H15ClN4O3S/c1-21-12-3-2-10(14)8-13(12)22(19,20)17-7-4-11(9-17)18-15-5-6-16-18/h2-3,5-6,8,11H,4,7,9H2,1H3. The van der Waals surface area contributed by atoms with Crippen LogP contribution in [-0.4, -0.2) is 47.9 Å². The summed E-state index contributed by atoms with van der Waals surface area (Å²) in [5.74, 6) is 0.282. The van der Waals surface area contributed by atoms with Crippen molar-refractivity contribution in [3.8, 4) is 5.75 Å². The molecule has 1 aliphatic heterocycles. The highest BCUT2D eigenvalue weighted by atomic mass is 35.5. The summed E-state index contributed by atoms with van der Waals surface area (Å²) in [7, 11) is -2.24. The van der Waals surface area contributed by atoms with E-state index >= 15 is 0 Å². The number of hydrogen-bond acceptors (Lipinski definition) is 5. The third-order valence-electron chi connectivity index (χ3n) is 3.63. The van der Waals surface area contributed by atoms with Gasteiger partial charge in [0.1, 0.15) is 10.6 Å². The van der Waals surface area contributed by atoms with Crippen LogP contribution in [0.5, 0.6) is 5.75 Å². The fraction of sp³-hybridized carbons (Fsp3) is 0.385. The highest BCUT2D eigenvalue weighted by Gasteiger charge is 2.35. The van der Waals surface area contributed by atoms with Gasteiger partial charge in [-0.2, -0.15) is 19.3 Å². The lowest BCUT2D eigenvalue weighted by Gasteiger charge is -2.18. The Bertz CT molecular complexity index is 764. The molecule has 9 heteroatoms. The lowest BCUT2D eigenvalue weighted by molar-refractivity contribution is 0.390. The molecule has 1 saturated heterocycles. The van der Waals surface area contributed by atoms with Gasteiger partial charge in [0.25, 0.3) is 0 Å². The third kappa shape index (κ3) is 2.69. The Morgan fingerprint density at radius 3 is 2.73 bits per heavy atom. The average molecular weight is 343 g/mol. The Hall–Kier alpha value is -1.64. The Labute approximate surface area is 133 Å². The monoisotopic (exact) mass is 342 g/mol. The highest BCUT2D eigenvalue weighted by Crippen LogP contribution is 2.32. The van der Waals surface area contributed by atoms with Crippen LogP contribution in [0.4, 0.5) is 0 Å². The van der Waals surface area contributed by atoms with Crippen molar-refractivity contribution in [1.82, 2.24) is 19.3 Å². The van der Waals surface area contributed by atoms with E-state index in [1.54, 1.807) is 29.3 Å². The van der Waals surface area contributed by atoms with Gasteiger partial charge in [0, 0.05) is 18.1 Å². The Balaban J connectivity index is 1.90. The average Bonchev–Trinajstić information content (AvgIpc) is 3.18. The first kappa shape index (κ1) is 15.3. The third-order valence-corrected chi connectivity index (χ3v) is 5.75. The van der Waals surface area contributed by atoms with Crippen molar-refractivity contribution in [2.75, 3.05) is 20.2 Å². The zero-order valence-electron chi connectivity index (χ0n) is 11.9. The van der Waals surface area contributed by atoms with E-state index in [0.29, 0.717) is 24.5 Å². The smallest absolute Gasteiger partial charge is 0.246 e. The number of sulfonamides is 1. The minimum absolute atomic E-state index is 0.0602. The molecule has 1 aromatic carbocycles. The Morgan fingerprint density at radius 2 is 2.05 bits per heavy atom. The van der Waals surface area contributed by atoms with Gasteiger partial charge in [0.2, 0.25) is 10.0 Å². The molecule has 0 saturated carbocycles. The molecule has 2 aromatic rings. The SMILES string of the molecule is COc1ccc(Cl)cc1S(=O)(=O)N1CCC(n2nccn2)C1. The fourth-order valence-corrected chi connectivity index (χ4v) is 4.43. The van der Waals surface area contributed by atoms with Gasteiger partial charge >= 0.3 is 0 Å². The first-order valence-corrected chi connectivity index (χ1v) is 8.53. The summed E-state index contributed by atoms with van der Waals surface area (Å²) in [6.07, 6.45) is 3.82. The van der Waals surface area contributed by atoms with E-state index < -0.39 is 10.0 Å². The van der Waals surface area contributed by atoms with Gasteiger partial charge < -0.3 is 4.74 Å². The molecule has 0 amide bonds. The lowest BCUT2D eigenvalue weighted by atomic mass is 10.3. The summed E-state index contributed by atoms with van der Waals surface area (Å²) in [5.41, 5.74) is 0. The van der Waals surface area contributed by atoms with E-state index in [-0.39, 0.29) is 16.7 Å². The van der Waals surface area contributed by atoms with Gasteiger partial charge in [-0.15, -0.1) is 0 Å². The second kappa shape index (κ2) is 5.86. The van der Waals surface area contributed by atoms with E-state index in [9.17, 15) is 8.42 Å². The van der Waals surface area contributed by atoms with Crippen LogP contribution in [0, 0.1) is 0 Å². The summed E-state index contributed by atoms with van der Waals surface area (Å²) in [6, 6.07) is 4.50. The molecule has 0 aliphatic carbocycles. The normalized spacial score (nSPS) is 19.5. The van der Waals surface area contributed by atoms with Crippen molar-refractivity contribution >= 4 is 21.6 Å². The van der Waals surface area contributed by atoms with Crippen LogP contribution >= 0.6 is 11.6 Å². The van der Waals surface area contributed by atoms with Gasteiger partial charge in [-0.25, -0.2) is 8.42 Å². The summed E-state index contributed by atoms with van der Waals surface area (Å²) >= 11 is 5.93. The topological polar surface area (TPSA) is 77.3 Å². The number of hydrogen-bond donors (Lipinski definition) is 0. The first-order chi connectivity index (χ1) is 10.5. The van der Waals surface area contributed by atoms with E-state index in [2.05, 4.69) is 10.2 Å². The molecule has 1 aliphatic rings. The van der Waals surface area contributed by atoms with Gasteiger partial charge in [0.05, 0.1) is 25.5 Å². The van der Waals surface area contributed by atoms with Crippen LogP contribution in [0.2, 0.25) is 5.02 Å². The van der Waals surface area contributed by atoms with Crippen LogP contribution in [-0.2, 0) is 10.0 Å². The zero-order valence-corrected chi connectivity index (χ0v) is 13.5. The molecule has 0 radical (unpaired) electrons. The van der Waals surface area contributed by atoms with Crippen LogP contribution in [0.3, 0.4) is 0 Å². The molecule has 7 nitrogen and oxygen atoms in total. The predicted octanol–water partition coefficient (Wildman–Crippen LogP) is 1.58. The van der Waals surface area contributed by atoms with E-state index in [4.69, 9.17) is 16.3 Å². The van der Waals surface area contributed by atoms with Crippen LogP contribution in [0.25, 0.3) is 0 Å². The Kier molecular flexibility index (Phi) is 4.07. The van der Waals surface area contributed by atoms with Crippen molar-refractivity contribution in [3.05, 3.63) is 35.6 Å². The number of rotatable bonds is 4. The largest absolute Gasteiger partial charge is 0.495 e. The maximum absolute atomic E-state index is 12.8. The van der Waals surface area contributed by atoms with Crippen LogP contribution < -0.4 is 4.74 Å². The van der Waals surface area contributed by atoms with Crippen molar-refractivity contribution in [2.24, 2.45) is 0 Å². The summed E-state index contributed by atoms with van der Waals surface area (Å²) in [6.45, 7) is 0.733. The number of aromatic nitrogens is 3. The molecule has 3 rings (SSSR count). The van der Waals surface area contributed by atoms with E-state index in [0.717, 1.165) is 0 Å². The van der Waals surface area contributed by atoms with Gasteiger partial charge in [0.15, 0.2) is 0 Å². The highest BCUT2D eigenvalue weighted by molar-refractivity contribution is 7.89. The van der Waals surface area contributed by atoms with Crippen molar-refractivity contribution < 1.29 is 13.2 Å². The molecule has 0 spiro atoms. The summed E-state index contributed by atoms with van der Waals surface area (Å²) in [5, 5.41) is 8.50. The van der Waals surface area contributed by atoms with Gasteiger partial charge in [-0.3, -0.25) is 0 Å². The molecule has 1 atom stereocenters. The molecular weight excluding hydrogens is 328 g/mol. The van der Waals surface area contributed by atoms with Crippen molar-refractivity contribution in [2.45, 2.75) is 17.4 Å². The first-order valence-electron chi connectivity index (χ1n) is 6.72. The molecule has 2 heterocycles. The number of ether oxygens (including phenoxy) is 1. The molecule has 1 unspecified atom stereocenters.